The zero-order valence-electron chi connectivity index (χ0n) is 20.9. The SMILES string of the molecule is CC.CCCN(CCNC(CNC)c1ccc(OCCCN2CCCCC2)cc1)NC. The van der Waals surface area contributed by atoms with Gasteiger partial charge in [0.15, 0.2) is 0 Å². The van der Waals surface area contributed by atoms with Crippen LogP contribution in [-0.4, -0.2) is 76.4 Å². The summed E-state index contributed by atoms with van der Waals surface area (Å²) in [6.07, 6.45) is 6.37. The summed E-state index contributed by atoms with van der Waals surface area (Å²) in [6.45, 7) is 14.6. The summed E-state index contributed by atoms with van der Waals surface area (Å²) < 4.78 is 5.97. The molecule has 180 valence electrons. The average molecular weight is 436 g/mol. The molecule has 0 saturated carbocycles. The van der Waals surface area contributed by atoms with E-state index in [0.29, 0.717) is 6.04 Å². The predicted octanol–water partition coefficient (Wildman–Crippen LogP) is 3.66. The lowest BCUT2D eigenvalue weighted by Gasteiger charge is -2.26. The highest BCUT2D eigenvalue weighted by molar-refractivity contribution is 5.29. The Balaban J connectivity index is 0.00000233. The van der Waals surface area contributed by atoms with Gasteiger partial charge < -0.3 is 20.3 Å². The molecule has 0 spiro atoms. The standard InChI is InChI=1S/C23H43N5O.C2H6/c1-4-14-28(25-3)18-13-26-23(20-24-2)21-9-11-22(12-10-21)29-19-8-17-27-15-6-5-7-16-27;1-2/h9-12,23-26H,4-8,13-20H2,1-3H3;1-2H3. The molecule has 6 nitrogen and oxygen atoms in total. The monoisotopic (exact) mass is 435 g/mol. The van der Waals surface area contributed by atoms with Gasteiger partial charge >= 0.3 is 0 Å². The first kappa shape index (κ1) is 27.9. The van der Waals surface area contributed by atoms with Crippen molar-refractivity contribution >= 4 is 0 Å². The number of hydrogen-bond donors (Lipinski definition) is 3. The number of ether oxygens (including phenoxy) is 1. The molecule has 0 amide bonds. The van der Waals surface area contributed by atoms with Crippen molar-refractivity contribution in [1.29, 1.82) is 0 Å². The number of hydrogen-bond acceptors (Lipinski definition) is 6. The number of likely N-dealkylation sites (N-methyl/N-ethyl adjacent to an activating group) is 1. The van der Waals surface area contributed by atoms with E-state index in [9.17, 15) is 0 Å². The number of likely N-dealkylation sites (tertiary alicyclic amines) is 1. The van der Waals surface area contributed by atoms with Crippen molar-refractivity contribution in [3.8, 4) is 5.75 Å². The van der Waals surface area contributed by atoms with Crippen LogP contribution in [0.2, 0.25) is 0 Å². The van der Waals surface area contributed by atoms with Crippen molar-refractivity contribution < 1.29 is 4.74 Å². The van der Waals surface area contributed by atoms with Gasteiger partial charge in [-0.25, -0.2) is 5.01 Å². The topological polar surface area (TPSA) is 51.8 Å². The largest absolute Gasteiger partial charge is 0.494 e. The van der Waals surface area contributed by atoms with Crippen LogP contribution < -0.4 is 20.8 Å². The lowest BCUT2D eigenvalue weighted by molar-refractivity contribution is 0.204. The van der Waals surface area contributed by atoms with Gasteiger partial charge in [0.2, 0.25) is 0 Å². The van der Waals surface area contributed by atoms with E-state index in [0.717, 1.165) is 57.9 Å². The Bertz CT molecular complexity index is 519. The van der Waals surface area contributed by atoms with Gasteiger partial charge in [-0.1, -0.05) is 39.3 Å². The smallest absolute Gasteiger partial charge is 0.119 e. The summed E-state index contributed by atoms with van der Waals surface area (Å²) in [5.41, 5.74) is 4.56. The molecule has 0 aromatic heterocycles. The van der Waals surface area contributed by atoms with Gasteiger partial charge in [-0.3, -0.25) is 5.43 Å². The third kappa shape index (κ3) is 11.9. The van der Waals surface area contributed by atoms with Gasteiger partial charge in [0.25, 0.3) is 0 Å². The number of benzene rings is 1. The molecular formula is C25H49N5O. The van der Waals surface area contributed by atoms with Gasteiger partial charge in [0.1, 0.15) is 5.75 Å². The van der Waals surface area contributed by atoms with Crippen molar-refractivity contribution in [2.24, 2.45) is 0 Å². The lowest BCUT2D eigenvalue weighted by Crippen LogP contribution is -2.42. The number of nitrogens with zero attached hydrogens (tertiary/aromatic N) is 2. The second kappa shape index (κ2) is 18.4. The van der Waals surface area contributed by atoms with Crippen molar-refractivity contribution in [2.75, 3.05) is 66.5 Å². The fraction of sp³-hybridized carbons (Fsp3) is 0.760. The first-order valence-corrected chi connectivity index (χ1v) is 12.5. The summed E-state index contributed by atoms with van der Waals surface area (Å²) >= 11 is 0. The average Bonchev–Trinajstić information content (AvgIpc) is 2.83. The zero-order chi connectivity index (χ0) is 22.7. The first-order valence-electron chi connectivity index (χ1n) is 12.5. The molecule has 31 heavy (non-hydrogen) atoms. The Morgan fingerprint density at radius 2 is 1.74 bits per heavy atom. The second-order valence-electron chi connectivity index (χ2n) is 7.95. The number of hydrazine groups is 1. The van der Waals surface area contributed by atoms with Crippen LogP contribution in [0.25, 0.3) is 0 Å². The van der Waals surface area contributed by atoms with Crippen molar-refractivity contribution in [3.05, 3.63) is 29.8 Å². The molecule has 1 unspecified atom stereocenters. The molecule has 0 aliphatic carbocycles. The molecule has 0 bridgehead atoms. The summed E-state index contributed by atoms with van der Waals surface area (Å²) in [5, 5.41) is 9.24. The minimum Gasteiger partial charge on any atom is -0.494 e. The lowest BCUT2D eigenvalue weighted by atomic mass is 10.1. The maximum atomic E-state index is 5.97. The van der Waals surface area contributed by atoms with Crippen LogP contribution in [0.4, 0.5) is 0 Å². The van der Waals surface area contributed by atoms with Crippen molar-refractivity contribution in [2.45, 2.75) is 58.9 Å². The Morgan fingerprint density at radius 1 is 1.03 bits per heavy atom. The molecule has 2 rings (SSSR count). The molecule has 1 atom stereocenters. The summed E-state index contributed by atoms with van der Waals surface area (Å²) in [4.78, 5) is 2.57. The summed E-state index contributed by atoms with van der Waals surface area (Å²) in [5.74, 6) is 0.972. The van der Waals surface area contributed by atoms with Gasteiger partial charge in [0, 0.05) is 38.8 Å². The predicted molar refractivity (Wildman–Crippen MR) is 134 cm³/mol. The molecule has 0 radical (unpaired) electrons. The van der Waals surface area contributed by atoms with Crippen LogP contribution >= 0.6 is 0 Å². The van der Waals surface area contributed by atoms with Crippen molar-refractivity contribution in [3.63, 3.8) is 0 Å². The quantitative estimate of drug-likeness (QED) is 0.289. The molecule has 1 heterocycles. The highest BCUT2D eigenvalue weighted by Crippen LogP contribution is 2.18. The second-order valence-corrected chi connectivity index (χ2v) is 7.95. The Morgan fingerprint density at radius 3 is 2.35 bits per heavy atom. The van der Waals surface area contributed by atoms with Crippen LogP contribution in [0.15, 0.2) is 24.3 Å². The van der Waals surface area contributed by atoms with Gasteiger partial charge in [0.05, 0.1) is 6.61 Å². The maximum absolute atomic E-state index is 5.97. The fourth-order valence-electron chi connectivity index (χ4n) is 3.95. The number of rotatable bonds is 15. The van der Waals surface area contributed by atoms with Crippen LogP contribution in [0, 0.1) is 0 Å². The van der Waals surface area contributed by atoms with E-state index >= 15 is 0 Å². The molecular weight excluding hydrogens is 386 g/mol. The zero-order valence-corrected chi connectivity index (χ0v) is 20.9. The van der Waals surface area contributed by atoms with Gasteiger partial charge in [-0.2, -0.15) is 0 Å². The Hall–Kier alpha value is -1.18. The van der Waals surface area contributed by atoms with Crippen LogP contribution in [0.1, 0.15) is 64.5 Å². The minimum absolute atomic E-state index is 0.300. The normalized spacial score (nSPS) is 15.4. The third-order valence-corrected chi connectivity index (χ3v) is 5.61. The molecule has 1 aliphatic rings. The van der Waals surface area contributed by atoms with Crippen LogP contribution in [0.3, 0.4) is 0 Å². The molecule has 1 saturated heterocycles. The van der Waals surface area contributed by atoms with E-state index in [4.69, 9.17) is 4.74 Å². The van der Waals surface area contributed by atoms with Gasteiger partial charge in [-0.15, -0.1) is 0 Å². The molecule has 3 N–H and O–H groups in total. The summed E-state index contributed by atoms with van der Waals surface area (Å²) in [6, 6.07) is 8.90. The molecule has 1 aliphatic heterocycles. The number of nitrogens with one attached hydrogen (secondary N) is 3. The fourth-order valence-corrected chi connectivity index (χ4v) is 3.95. The van der Waals surface area contributed by atoms with Gasteiger partial charge in [-0.05, 0) is 70.6 Å². The van der Waals surface area contributed by atoms with E-state index in [1.165, 1.54) is 37.9 Å². The molecule has 1 aromatic carbocycles. The highest BCUT2D eigenvalue weighted by atomic mass is 16.5. The van der Waals surface area contributed by atoms with E-state index in [1.807, 2.05) is 27.9 Å². The third-order valence-electron chi connectivity index (χ3n) is 5.61. The maximum Gasteiger partial charge on any atom is 0.119 e. The van der Waals surface area contributed by atoms with Crippen LogP contribution in [-0.2, 0) is 0 Å². The van der Waals surface area contributed by atoms with E-state index in [-0.39, 0.29) is 0 Å². The van der Waals surface area contributed by atoms with Crippen LogP contribution in [0.5, 0.6) is 5.75 Å². The Kier molecular flexibility index (Phi) is 16.5. The molecule has 1 aromatic rings. The first-order chi connectivity index (χ1) is 15.3. The minimum atomic E-state index is 0.300. The van der Waals surface area contributed by atoms with E-state index in [1.54, 1.807) is 0 Å². The summed E-state index contributed by atoms with van der Waals surface area (Å²) in [7, 11) is 4.00. The van der Waals surface area contributed by atoms with Crippen molar-refractivity contribution in [1.82, 2.24) is 26.0 Å². The van der Waals surface area contributed by atoms with E-state index in [2.05, 4.69) is 57.2 Å². The molecule has 6 heteroatoms. The highest BCUT2D eigenvalue weighted by Gasteiger charge is 2.12. The Labute approximate surface area is 192 Å². The number of piperidine rings is 1. The molecule has 1 fully saturated rings. The van der Waals surface area contributed by atoms with E-state index < -0.39 is 0 Å².